The van der Waals surface area contributed by atoms with E-state index in [2.05, 4.69) is 10.0 Å². The summed E-state index contributed by atoms with van der Waals surface area (Å²) in [5, 5.41) is 2.75. The number of methoxy groups -OCH3 is 2. The quantitative estimate of drug-likeness (QED) is 0.377. The minimum atomic E-state index is -3.77. The number of hydrogen-bond acceptors (Lipinski definition) is 6. The molecule has 7 nitrogen and oxygen atoms in total. The van der Waals surface area contributed by atoms with Gasteiger partial charge in [-0.1, -0.05) is 0 Å². The Morgan fingerprint density at radius 3 is 2.40 bits per heavy atom. The van der Waals surface area contributed by atoms with Gasteiger partial charge in [-0.15, -0.1) is 11.8 Å². The van der Waals surface area contributed by atoms with Gasteiger partial charge >= 0.3 is 0 Å². The normalized spacial score (nSPS) is 11.2. The molecule has 2 N–H and O–H groups in total. The van der Waals surface area contributed by atoms with Crippen LogP contribution in [0.5, 0.6) is 11.5 Å². The lowest BCUT2D eigenvalue weighted by molar-refractivity contribution is -0.120. The Bertz CT molecular complexity index is 937. The summed E-state index contributed by atoms with van der Waals surface area (Å²) in [6.07, 6.45) is 0.767. The van der Waals surface area contributed by atoms with E-state index in [9.17, 15) is 17.6 Å². The Kier molecular flexibility index (Phi) is 9.41. The first-order valence-corrected chi connectivity index (χ1v) is 11.7. The highest BCUT2D eigenvalue weighted by Crippen LogP contribution is 2.29. The molecule has 30 heavy (non-hydrogen) atoms. The maximum Gasteiger partial charge on any atom is 0.240 e. The summed E-state index contributed by atoms with van der Waals surface area (Å²) in [5.74, 6) is 0.993. The molecule has 2 aromatic carbocycles. The van der Waals surface area contributed by atoms with Gasteiger partial charge in [-0.25, -0.2) is 17.5 Å². The molecule has 0 radical (unpaired) electrons. The average molecular weight is 457 g/mol. The SMILES string of the molecule is COc1ccc(S(=O)(=O)NCCC(=O)NCCCSc2ccc(F)cc2)cc1OC. The van der Waals surface area contributed by atoms with E-state index >= 15 is 0 Å². The van der Waals surface area contributed by atoms with Crippen molar-refractivity contribution in [3.05, 3.63) is 48.3 Å². The maximum atomic E-state index is 12.8. The Balaban J connectivity index is 1.68. The van der Waals surface area contributed by atoms with Gasteiger partial charge in [0.05, 0.1) is 19.1 Å². The number of hydrogen-bond donors (Lipinski definition) is 2. The van der Waals surface area contributed by atoms with Crippen molar-refractivity contribution in [3.8, 4) is 11.5 Å². The van der Waals surface area contributed by atoms with Gasteiger partial charge in [-0.05, 0) is 48.6 Å². The smallest absolute Gasteiger partial charge is 0.240 e. The van der Waals surface area contributed by atoms with Gasteiger partial charge in [0.1, 0.15) is 5.82 Å². The highest BCUT2D eigenvalue weighted by molar-refractivity contribution is 7.99. The molecule has 0 aliphatic rings. The van der Waals surface area contributed by atoms with E-state index in [0.717, 1.165) is 17.1 Å². The summed E-state index contributed by atoms with van der Waals surface area (Å²) in [4.78, 5) is 12.9. The van der Waals surface area contributed by atoms with Crippen molar-refractivity contribution in [1.29, 1.82) is 0 Å². The second-order valence-electron chi connectivity index (χ2n) is 6.17. The number of halogens is 1. The molecule has 0 aliphatic carbocycles. The van der Waals surface area contributed by atoms with Crippen molar-refractivity contribution in [1.82, 2.24) is 10.0 Å². The van der Waals surface area contributed by atoms with Gasteiger partial charge in [-0.3, -0.25) is 4.79 Å². The topological polar surface area (TPSA) is 93.7 Å². The summed E-state index contributed by atoms with van der Waals surface area (Å²) in [6.45, 7) is 0.461. The molecule has 0 spiro atoms. The van der Waals surface area contributed by atoms with Crippen molar-refractivity contribution in [2.24, 2.45) is 0 Å². The van der Waals surface area contributed by atoms with Crippen molar-refractivity contribution >= 4 is 27.7 Å². The molecule has 2 rings (SSSR count). The molecule has 164 valence electrons. The van der Waals surface area contributed by atoms with Crippen LogP contribution in [0.25, 0.3) is 0 Å². The summed E-state index contributed by atoms with van der Waals surface area (Å²) >= 11 is 1.58. The van der Waals surface area contributed by atoms with Gasteiger partial charge in [-0.2, -0.15) is 0 Å². The minimum absolute atomic E-state index is 0.0210. The summed E-state index contributed by atoms with van der Waals surface area (Å²) < 4.78 is 50.2. The molecule has 0 unspecified atom stereocenters. The Morgan fingerprint density at radius 2 is 1.73 bits per heavy atom. The van der Waals surface area contributed by atoms with E-state index in [1.807, 2.05) is 0 Å². The van der Waals surface area contributed by atoms with E-state index < -0.39 is 10.0 Å². The van der Waals surface area contributed by atoms with Crippen LogP contribution >= 0.6 is 11.8 Å². The number of carbonyl (C=O) groups is 1. The van der Waals surface area contributed by atoms with Crippen molar-refractivity contribution in [2.45, 2.75) is 22.6 Å². The highest BCUT2D eigenvalue weighted by atomic mass is 32.2. The van der Waals surface area contributed by atoms with E-state index in [0.29, 0.717) is 18.0 Å². The fourth-order valence-corrected chi connectivity index (χ4v) is 4.37. The second kappa shape index (κ2) is 11.8. The van der Waals surface area contributed by atoms with Gasteiger partial charge in [0.15, 0.2) is 11.5 Å². The maximum absolute atomic E-state index is 12.8. The summed E-state index contributed by atoms with van der Waals surface area (Å²) in [6, 6.07) is 10.5. The molecule has 0 aromatic heterocycles. The van der Waals surface area contributed by atoms with Gasteiger partial charge in [0.25, 0.3) is 0 Å². The van der Waals surface area contributed by atoms with Crippen LogP contribution in [0.4, 0.5) is 4.39 Å². The minimum Gasteiger partial charge on any atom is -0.493 e. The predicted octanol–water partition coefficient (Wildman–Crippen LogP) is 2.81. The fourth-order valence-electron chi connectivity index (χ4n) is 2.48. The van der Waals surface area contributed by atoms with Gasteiger partial charge in [0, 0.05) is 30.5 Å². The lowest BCUT2D eigenvalue weighted by Gasteiger charge is -2.11. The zero-order chi connectivity index (χ0) is 22.0. The van der Waals surface area contributed by atoms with Crippen LogP contribution in [-0.4, -0.2) is 47.4 Å². The van der Waals surface area contributed by atoms with Crippen LogP contribution in [0.3, 0.4) is 0 Å². The van der Waals surface area contributed by atoms with E-state index in [1.165, 1.54) is 44.6 Å². The average Bonchev–Trinajstić information content (AvgIpc) is 2.74. The molecule has 0 bridgehead atoms. The number of nitrogens with one attached hydrogen (secondary N) is 2. The molecule has 10 heteroatoms. The third kappa shape index (κ3) is 7.51. The Labute approximate surface area is 180 Å². The summed E-state index contributed by atoms with van der Waals surface area (Å²) in [5.41, 5.74) is 0. The highest BCUT2D eigenvalue weighted by Gasteiger charge is 2.17. The monoisotopic (exact) mass is 456 g/mol. The molecule has 0 fully saturated rings. The number of amides is 1. The zero-order valence-electron chi connectivity index (χ0n) is 16.8. The number of rotatable bonds is 12. The first kappa shape index (κ1) is 24.0. The summed E-state index contributed by atoms with van der Waals surface area (Å²) in [7, 11) is -0.888. The van der Waals surface area contributed by atoms with Crippen LogP contribution in [0.15, 0.2) is 52.3 Å². The fraction of sp³-hybridized carbons (Fsp3) is 0.350. The molecule has 1 amide bonds. The van der Waals surface area contributed by atoms with Gasteiger partial charge < -0.3 is 14.8 Å². The zero-order valence-corrected chi connectivity index (χ0v) is 18.4. The van der Waals surface area contributed by atoms with Gasteiger partial charge in [0.2, 0.25) is 15.9 Å². The van der Waals surface area contributed by atoms with Crippen LogP contribution in [0, 0.1) is 5.82 Å². The van der Waals surface area contributed by atoms with Crippen molar-refractivity contribution < 1.29 is 27.1 Å². The molecule has 0 saturated heterocycles. The first-order chi connectivity index (χ1) is 14.4. The van der Waals surface area contributed by atoms with Crippen LogP contribution in [-0.2, 0) is 14.8 Å². The first-order valence-electron chi connectivity index (χ1n) is 9.22. The lowest BCUT2D eigenvalue weighted by atomic mass is 10.3. The number of carbonyl (C=O) groups excluding carboxylic acids is 1. The molecule has 0 atom stereocenters. The number of thioether (sulfide) groups is 1. The van der Waals surface area contributed by atoms with Crippen LogP contribution in [0.1, 0.15) is 12.8 Å². The molecule has 0 aliphatic heterocycles. The van der Waals surface area contributed by atoms with E-state index in [1.54, 1.807) is 23.9 Å². The van der Waals surface area contributed by atoms with Crippen LogP contribution < -0.4 is 19.5 Å². The third-order valence-electron chi connectivity index (χ3n) is 4.04. The molecule has 0 heterocycles. The number of benzene rings is 2. The Morgan fingerprint density at radius 1 is 1.03 bits per heavy atom. The largest absolute Gasteiger partial charge is 0.493 e. The number of ether oxygens (including phenoxy) is 2. The molecule has 2 aromatic rings. The molecular formula is C20H25FN2O5S2. The molecule has 0 saturated carbocycles. The predicted molar refractivity (Wildman–Crippen MR) is 114 cm³/mol. The van der Waals surface area contributed by atoms with E-state index in [-0.39, 0.29) is 29.6 Å². The van der Waals surface area contributed by atoms with E-state index in [4.69, 9.17) is 9.47 Å². The second-order valence-corrected chi connectivity index (χ2v) is 9.11. The standard InChI is InChI=1S/C20H25FN2O5S2/c1-27-18-9-8-17(14-19(18)28-2)30(25,26)23-12-10-20(24)22-11-3-13-29-16-6-4-15(21)5-7-16/h4-9,14,23H,3,10-13H2,1-2H3,(H,22,24). The third-order valence-corrected chi connectivity index (χ3v) is 6.59. The lowest BCUT2D eigenvalue weighted by Crippen LogP contribution is -2.31. The number of sulfonamides is 1. The molecular weight excluding hydrogens is 431 g/mol. The van der Waals surface area contributed by atoms with Crippen molar-refractivity contribution in [2.75, 3.05) is 33.1 Å². The Hall–Kier alpha value is -2.30. The van der Waals surface area contributed by atoms with Crippen molar-refractivity contribution in [3.63, 3.8) is 0 Å². The van der Waals surface area contributed by atoms with Crippen LogP contribution in [0.2, 0.25) is 0 Å².